The minimum atomic E-state index is -0.990. The van der Waals surface area contributed by atoms with Gasteiger partial charge in [0.05, 0.1) is 16.1 Å². The van der Waals surface area contributed by atoms with E-state index < -0.39 is 18.5 Å². The normalized spacial score (nSPS) is 12.6. The van der Waals surface area contributed by atoms with Crippen LogP contribution in [0.3, 0.4) is 0 Å². The van der Waals surface area contributed by atoms with E-state index in [4.69, 9.17) is 26.6 Å². The van der Waals surface area contributed by atoms with Gasteiger partial charge >= 0.3 is 0 Å². The Balaban J connectivity index is 2.73. The minimum Gasteiger partial charge on any atom is -0.490 e. The molecule has 84 valence electrons. The monoisotopic (exact) mass is 298 g/mol. The predicted molar refractivity (Wildman–Crippen MR) is 57.7 cm³/mol. The van der Waals surface area contributed by atoms with Crippen LogP contribution in [-0.4, -0.2) is 29.5 Å². The van der Waals surface area contributed by atoms with Crippen molar-refractivity contribution in [2.45, 2.75) is 6.10 Å². The summed E-state index contributed by atoms with van der Waals surface area (Å²) in [5, 5.41) is 17.6. The van der Waals surface area contributed by atoms with Crippen LogP contribution in [0, 0.1) is 5.82 Å². The van der Waals surface area contributed by atoms with E-state index in [-0.39, 0.29) is 17.4 Å². The van der Waals surface area contributed by atoms with Crippen molar-refractivity contribution in [2.24, 2.45) is 0 Å². The van der Waals surface area contributed by atoms with Crippen LogP contribution in [0.25, 0.3) is 0 Å². The molecular weight excluding hydrogens is 290 g/mol. The van der Waals surface area contributed by atoms with Crippen LogP contribution in [0.15, 0.2) is 16.6 Å². The second-order valence-electron chi connectivity index (χ2n) is 2.84. The number of benzene rings is 1. The Morgan fingerprint density at radius 1 is 1.53 bits per heavy atom. The summed E-state index contributed by atoms with van der Waals surface area (Å²) in [6, 6.07) is 2.47. The molecule has 0 heterocycles. The van der Waals surface area contributed by atoms with Crippen LogP contribution in [-0.2, 0) is 0 Å². The number of aliphatic hydroxyl groups is 2. The van der Waals surface area contributed by atoms with Gasteiger partial charge in [0.2, 0.25) is 0 Å². The highest BCUT2D eigenvalue weighted by molar-refractivity contribution is 9.10. The first-order valence-corrected chi connectivity index (χ1v) is 5.28. The molecule has 0 aliphatic heterocycles. The number of halogens is 3. The highest BCUT2D eigenvalue weighted by atomic mass is 79.9. The van der Waals surface area contributed by atoms with Crippen molar-refractivity contribution in [3.05, 3.63) is 27.4 Å². The molecule has 1 aromatic rings. The van der Waals surface area contributed by atoms with Gasteiger partial charge in [0.1, 0.15) is 24.3 Å². The zero-order chi connectivity index (χ0) is 11.4. The first kappa shape index (κ1) is 12.7. The van der Waals surface area contributed by atoms with E-state index in [0.29, 0.717) is 4.47 Å². The summed E-state index contributed by atoms with van der Waals surface area (Å²) < 4.78 is 18.6. The predicted octanol–water partition coefficient (Wildman–Crippen LogP) is 1.97. The van der Waals surface area contributed by atoms with Crippen LogP contribution in [0.2, 0.25) is 5.02 Å². The Bertz CT molecular complexity index is 348. The van der Waals surface area contributed by atoms with Crippen molar-refractivity contribution < 1.29 is 19.3 Å². The van der Waals surface area contributed by atoms with E-state index in [1.165, 1.54) is 6.07 Å². The molecule has 1 unspecified atom stereocenters. The summed E-state index contributed by atoms with van der Waals surface area (Å²) in [6.07, 6.45) is -0.990. The fourth-order valence-corrected chi connectivity index (χ4v) is 1.61. The molecule has 15 heavy (non-hydrogen) atoms. The third-order valence-corrected chi connectivity index (χ3v) is 2.53. The molecule has 3 nitrogen and oxygen atoms in total. The fourth-order valence-electron chi connectivity index (χ4n) is 0.854. The van der Waals surface area contributed by atoms with Crippen molar-refractivity contribution in [3.8, 4) is 5.75 Å². The van der Waals surface area contributed by atoms with E-state index in [9.17, 15) is 4.39 Å². The van der Waals surface area contributed by atoms with E-state index in [1.807, 2.05) is 0 Å². The summed E-state index contributed by atoms with van der Waals surface area (Å²) in [7, 11) is 0. The fraction of sp³-hybridized carbons (Fsp3) is 0.333. The second kappa shape index (κ2) is 5.65. The van der Waals surface area contributed by atoms with Gasteiger partial charge in [-0.3, -0.25) is 0 Å². The van der Waals surface area contributed by atoms with Gasteiger partial charge in [-0.15, -0.1) is 0 Å². The lowest BCUT2D eigenvalue weighted by molar-refractivity contribution is 0.0532. The SMILES string of the molecule is OCC(O)COc1cc(F)c(Cl)cc1Br. The molecule has 0 amide bonds. The number of hydrogen-bond donors (Lipinski definition) is 2. The molecular formula is C9H9BrClFO3. The zero-order valence-electron chi connectivity index (χ0n) is 7.58. The summed E-state index contributed by atoms with van der Waals surface area (Å²) in [4.78, 5) is 0. The molecule has 0 aromatic heterocycles. The molecule has 1 aromatic carbocycles. The van der Waals surface area contributed by atoms with Crippen molar-refractivity contribution in [1.29, 1.82) is 0 Å². The standard InChI is InChI=1S/C9H9BrClFO3/c10-6-1-7(11)8(12)2-9(6)15-4-5(14)3-13/h1-2,5,13-14H,3-4H2. The van der Waals surface area contributed by atoms with Gasteiger partial charge in [0, 0.05) is 6.07 Å². The van der Waals surface area contributed by atoms with Gasteiger partial charge in [-0.25, -0.2) is 4.39 Å². The lowest BCUT2D eigenvalue weighted by atomic mass is 10.3. The molecule has 0 aliphatic rings. The largest absolute Gasteiger partial charge is 0.490 e. The van der Waals surface area contributed by atoms with Crippen molar-refractivity contribution >= 4 is 27.5 Å². The summed E-state index contributed by atoms with van der Waals surface area (Å²) in [5.74, 6) is -0.377. The maximum Gasteiger partial charge on any atom is 0.145 e. The van der Waals surface area contributed by atoms with Gasteiger partial charge < -0.3 is 14.9 Å². The number of ether oxygens (including phenoxy) is 1. The van der Waals surface area contributed by atoms with Gasteiger partial charge in [-0.2, -0.15) is 0 Å². The second-order valence-corrected chi connectivity index (χ2v) is 4.11. The Hall–Kier alpha value is -0.360. The molecule has 0 radical (unpaired) electrons. The maximum atomic E-state index is 13.0. The van der Waals surface area contributed by atoms with Crippen LogP contribution in [0.4, 0.5) is 4.39 Å². The van der Waals surface area contributed by atoms with Gasteiger partial charge in [-0.05, 0) is 22.0 Å². The summed E-state index contributed by atoms with van der Waals surface area (Å²) in [6.45, 7) is -0.524. The van der Waals surface area contributed by atoms with Gasteiger partial charge in [0.15, 0.2) is 0 Å². The van der Waals surface area contributed by atoms with Crippen molar-refractivity contribution in [1.82, 2.24) is 0 Å². The zero-order valence-corrected chi connectivity index (χ0v) is 9.92. The maximum absolute atomic E-state index is 13.0. The molecule has 0 spiro atoms. The lowest BCUT2D eigenvalue weighted by Crippen LogP contribution is -2.21. The average Bonchev–Trinajstić information content (AvgIpc) is 2.21. The van der Waals surface area contributed by atoms with Crippen molar-refractivity contribution in [2.75, 3.05) is 13.2 Å². The summed E-state index contributed by atoms with van der Waals surface area (Å²) >= 11 is 8.66. The van der Waals surface area contributed by atoms with Crippen LogP contribution in [0.5, 0.6) is 5.75 Å². The van der Waals surface area contributed by atoms with Gasteiger partial charge in [-0.1, -0.05) is 11.6 Å². The molecule has 0 saturated carbocycles. The third-order valence-electron chi connectivity index (χ3n) is 1.62. The van der Waals surface area contributed by atoms with Crippen LogP contribution >= 0.6 is 27.5 Å². The van der Waals surface area contributed by atoms with E-state index in [1.54, 1.807) is 0 Å². The van der Waals surface area contributed by atoms with Gasteiger partial charge in [0.25, 0.3) is 0 Å². The molecule has 0 aliphatic carbocycles. The topological polar surface area (TPSA) is 49.7 Å². The number of rotatable bonds is 4. The van der Waals surface area contributed by atoms with Crippen molar-refractivity contribution in [3.63, 3.8) is 0 Å². The highest BCUT2D eigenvalue weighted by Gasteiger charge is 2.09. The van der Waals surface area contributed by atoms with E-state index in [2.05, 4.69) is 15.9 Å². The molecule has 0 bridgehead atoms. The Morgan fingerprint density at radius 2 is 2.20 bits per heavy atom. The lowest BCUT2D eigenvalue weighted by Gasteiger charge is -2.11. The number of hydrogen-bond acceptors (Lipinski definition) is 3. The number of aliphatic hydroxyl groups excluding tert-OH is 2. The van der Waals surface area contributed by atoms with E-state index in [0.717, 1.165) is 6.07 Å². The third kappa shape index (κ3) is 3.61. The first-order valence-electron chi connectivity index (χ1n) is 4.11. The molecule has 6 heteroatoms. The minimum absolute atomic E-state index is 0.0167. The molecule has 1 atom stereocenters. The van der Waals surface area contributed by atoms with Crippen LogP contribution < -0.4 is 4.74 Å². The first-order chi connectivity index (χ1) is 7.04. The Morgan fingerprint density at radius 3 is 2.80 bits per heavy atom. The highest BCUT2D eigenvalue weighted by Crippen LogP contribution is 2.30. The summed E-state index contributed by atoms with van der Waals surface area (Å²) in [5.41, 5.74) is 0. The smallest absolute Gasteiger partial charge is 0.145 e. The molecule has 0 saturated heterocycles. The Labute approximate surface area is 99.6 Å². The molecule has 0 fully saturated rings. The van der Waals surface area contributed by atoms with E-state index >= 15 is 0 Å². The van der Waals surface area contributed by atoms with Crippen LogP contribution in [0.1, 0.15) is 0 Å². The molecule has 2 N–H and O–H groups in total. The average molecular weight is 300 g/mol. The quantitative estimate of drug-likeness (QED) is 0.836. The molecule has 1 rings (SSSR count). The Kier molecular flexibility index (Phi) is 4.79.